The normalized spacial score (nSPS) is 15.5. The van der Waals surface area contributed by atoms with Gasteiger partial charge in [-0.25, -0.2) is 0 Å². The minimum absolute atomic E-state index is 0.505. The van der Waals surface area contributed by atoms with E-state index in [4.69, 9.17) is 5.73 Å². The van der Waals surface area contributed by atoms with Gasteiger partial charge in [0.25, 0.3) is 0 Å². The Hall–Kier alpha value is -0.380. The first-order valence-corrected chi connectivity index (χ1v) is 7.37. The molecule has 0 saturated heterocycles. The summed E-state index contributed by atoms with van der Waals surface area (Å²) >= 11 is 1.84. The van der Waals surface area contributed by atoms with Crippen LogP contribution in [0.4, 0.5) is 0 Å². The number of nitrogens with two attached hydrogens (primary N) is 1. The van der Waals surface area contributed by atoms with Crippen molar-refractivity contribution < 1.29 is 0 Å². The lowest BCUT2D eigenvalue weighted by Crippen LogP contribution is -2.44. The number of thiophene rings is 1. The van der Waals surface area contributed by atoms with Gasteiger partial charge in [0.05, 0.1) is 0 Å². The van der Waals surface area contributed by atoms with Crippen molar-refractivity contribution in [2.45, 2.75) is 45.7 Å². The van der Waals surface area contributed by atoms with E-state index in [2.05, 4.69) is 50.2 Å². The first kappa shape index (κ1) is 14.7. The lowest BCUT2D eigenvalue weighted by Gasteiger charge is -2.33. The van der Waals surface area contributed by atoms with Crippen LogP contribution < -0.4 is 5.73 Å². The monoisotopic (exact) mass is 254 g/mol. The van der Waals surface area contributed by atoms with E-state index in [1.165, 1.54) is 11.3 Å². The van der Waals surface area contributed by atoms with Crippen molar-refractivity contribution in [3.05, 3.63) is 22.4 Å². The molecule has 17 heavy (non-hydrogen) atoms. The van der Waals surface area contributed by atoms with Crippen LogP contribution in [0.5, 0.6) is 0 Å². The summed E-state index contributed by atoms with van der Waals surface area (Å²) < 4.78 is 0. The fourth-order valence-electron chi connectivity index (χ4n) is 2.20. The van der Waals surface area contributed by atoms with E-state index in [9.17, 15) is 0 Å². The molecule has 1 aromatic heterocycles. The third-order valence-electron chi connectivity index (χ3n) is 3.36. The van der Waals surface area contributed by atoms with Crippen LogP contribution in [0.25, 0.3) is 0 Å². The Balaban J connectivity index is 2.51. The van der Waals surface area contributed by atoms with Crippen molar-refractivity contribution in [3.8, 4) is 0 Å². The molecule has 0 bridgehead atoms. The molecule has 98 valence electrons. The van der Waals surface area contributed by atoms with Gasteiger partial charge in [-0.15, -0.1) is 11.3 Å². The summed E-state index contributed by atoms with van der Waals surface area (Å²) in [5.41, 5.74) is 5.89. The molecule has 0 aromatic carbocycles. The van der Waals surface area contributed by atoms with Crippen molar-refractivity contribution in [2.24, 2.45) is 11.7 Å². The van der Waals surface area contributed by atoms with E-state index in [1.807, 2.05) is 11.3 Å². The average molecular weight is 254 g/mol. The molecule has 1 rings (SSSR count). The predicted octanol–water partition coefficient (Wildman–Crippen LogP) is 2.98. The second-order valence-corrected chi connectivity index (χ2v) is 6.35. The molecule has 1 aromatic rings. The molecule has 2 atom stereocenters. The van der Waals surface area contributed by atoms with Crippen molar-refractivity contribution in [1.29, 1.82) is 0 Å². The molecule has 0 aliphatic rings. The van der Waals surface area contributed by atoms with Crippen molar-refractivity contribution >= 4 is 11.3 Å². The zero-order valence-electron chi connectivity index (χ0n) is 11.5. The highest BCUT2D eigenvalue weighted by molar-refractivity contribution is 7.09. The number of hydrogen-bond donors (Lipinski definition) is 1. The number of rotatable bonds is 7. The maximum absolute atomic E-state index is 5.89. The molecule has 2 nitrogen and oxygen atoms in total. The van der Waals surface area contributed by atoms with E-state index in [0.29, 0.717) is 18.0 Å². The summed E-state index contributed by atoms with van der Waals surface area (Å²) in [7, 11) is 2.21. The average Bonchev–Trinajstić information content (AvgIpc) is 2.77. The SMILES string of the molecule is CC(C)CC(CN)N(C)C(C)Cc1cccs1. The molecule has 0 fully saturated rings. The van der Waals surface area contributed by atoms with E-state index >= 15 is 0 Å². The summed E-state index contributed by atoms with van der Waals surface area (Å²) in [4.78, 5) is 3.91. The quantitative estimate of drug-likeness (QED) is 0.810. The Morgan fingerprint density at radius 3 is 2.53 bits per heavy atom. The standard InChI is InChI=1S/C14H26N2S/c1-11(2)8-13(10-15)16(4)12(3)9-14-6-5-7-17-14/h5-7,11-13H,8-10,15H2,1-4H3. The Morgan fingerprint density at radius 1 is 1.35 bits per heavy atom. The maximum atomic E-state index is 5.89. The van der Waals surface area contributed by atoms with Crippen LogP contribution in [-0.4, -0.2) is 30.6 Å². The minimum Gasteiger partial charge on any atom is -0.329 e. The molecule has 2 unspecified atom stereocenters. The largest absolute Gasteiger partial charge is 0.329 e. The topological polar surface area (TPSA) is 29.3 Å². The van der Waals surface area contributed by atoms with Gasteiger partial charge in [-0.1, -0.05) is 19.9 Å². The smallest absolute Gasteiger partial charge is 0.0220 e. The fourth-order valence-corrected chi connectivity index (χ4v) is 3.02. The van der Waals surface area contributed by atoms with Crippen LogP contribution in [0.1, 0.15) is 32.1 Å². The van der Waals surface area contributed by atoms with E-state index < -0.39 is 0 Å². The van der Waals surface area contributed by atoms with Crippen molar-refractivity contribution in [2.75, 3.05) is 13.6 Å². The molecule has 0 aliphatic heterocycles. The molecule has 1 heterocycles. The van der Waals surface area contributed by atoms with Gasteiger partial charge in [0.2, 0.25) is 0 Å². The lowest BCUT2D eigenvalue weighted by molar-refractivity contribution is 0.166. The second-order valence-electron chi connectivity index (χ2n) is 5.32. The van der Waals surface area contributed by atoms with Crippen molar-refractivity contribution in [1.82, 2.24) is 4.90 Å². The summed E-state index contributed by atoms with van der Waals surface area (Å²) in [6.45, 7) is 7.58. The van der Waals surface area contributed by atoms with Gasteiger partial charge in [-0.3, -0.25) is 4.90 Å². The number of hydrogen-bond acceptors (Lipinski definition) is 3. The molecule has 0 aliphatic carbocycles. The van der Waals surface area contributed by atoms with Crippen LogP contribution in [0, 0.1) is 5.92 Å². The summed E-state index contributed by atoms with van der Waals surface area (Å²) in [6, 6.07) is 5.40. The molecule has 0 spiro atoms. The van der Waals surface area contributed by atoms with E-state index in [0.717, 1.165) is 13.0 Å². The van der Waals surface area contributed by atoms with Crippen LogP contribution in [0.2, 0.25) is 0 Å². The Morgan fingerprint density at radius 2 is 2.06 bits per heavy atom. The Bertz CT molecular complexity index is 295. The molecular weight excluding hydrogens is 228 g/mol. The van der Waals surface area contributed by atoms with Gasteiger partial charge >= 0.3 is 0 Å². The minimum atomic E-state index is 0.505. The first-order chi connectivity index (χ1) is 8.04. The van der Waals surface area contributed by atoms with Gasteiger partial charge in [0, 0.05) is 23.5 Å². The fraction of sp³-hybridized carbons (Fsp3) is 0.714. The molecule has 2 N–H and O–H groups in total. The highest BCUT2D eigenvalue weighted by Crippen LogP contribution is 2.17. The van der Waals surface area contributed by atoms with Gasteiger partial charge in [-0.05, 0) is 44.2 Å². The third-order valence-corrected chi connectivity index (χ3v) is 4.26. The molecule has 0 radical (unpaired) electrons. The zero-order valence-corrected chi connectivity index (χ0v) is 12.3. The third kappa shape index (κ3) is 4.78. The van der Waals surface area contributed by atoms with Crippen molar-refractivity contribution in [3.63, 3.8) is 0 Å². The van der Waals surface area contributed by atoms with Gasteiger partial charge in [0.1, 0.15) is 0 Å². The van der Waals surface area contributed by atoms with Gasteiger partial charge < -0.3 is 5.73 Å². The highest BCUT2D eigenvalue weighted by atomic mass is 32.1. The number of nitrogens with zero attached hydrogens (tertiary/aromatic N) is 1. The molecule has 0 amide bonds. The van der Waals surface area contributed by atoms with E-state index in [-0.39, 0.29) is 0 Å². The van der Waals surface area contributed by atoms with Crippen LogP contribution in [0.15, 0.2) is 17.5 Å². The Kier molecular flexibility index (Phi) is 6.17. The summed E-state index contributed by atoms with van der Waals surface area (Å²) in [6.07, 6.45) is 2.31. The summed E-state index contributed by atoms with van der Waals surface area (Å²) in [5.74, 6) is 0.708. The highest BCUT2D eigenvalue weighted by Gasteiger charge is 2.19. The molecule has 0 saturated carbocycles. The van der Waals surface area contributed by atoms with Gasteiger partial charge in [0.15, 0.2) is 0 Å². The lowest BCUT2D eigenvalue weighted by atomic mass is 10.0. The van der Waals surface area contributed by atoms with Gasteiger partial charge in [-0.2, -0.15) is 0 Å². The molecule has 3 heteroatoms. The second kappa shape index (κ2) is 7.14. The first-order valence-electron chi connectivity index (χ1n) is 6.49. The molecular formula is C14H26N2S. The van der Waals surface area contributed by atoms with Crippen LogP contribution >= 0.6 is 11.3 Å². The zero-order chi connectivity index (χ0) is 12.8. The van der Waals surface area contributed by atoms with E-state index in [1.54, 1.807) is 0 Å². The van der Waals surface area contributed by atoms with Crippen LogP contribution in [-0.2, 0) is 6.42 Å². The Labute approximate surface area is 110 Å². The maximum Gasteiger partial charge on any atom is 0.0220 e. The summed E-state index contributed by atoms with van der Waals surface area (Å²) in [5, 5.41) is 2.15. The van der Waals surface area contributed by atoms with Crippen LogP contribution in [0.3, 0.4) is 0 Å². The number of likely N-dealkylation sites (N-methyl/N-ethyl adjacent to an activating group) is 1. The predicted molar refractivity (Wildman–Crippen MR) is 77.5 cm³/mol.